The zero-order chi connectivity index (χ0) is 12.6. The number of nitrogens with one attached hydrogen (secondary N) is 1. The van der Waals surface area contributed by atoms with Gasteiger partial charge in [-0.15, -0.1) is 11.8 Å². The lowest BCUT2D eigenvalue weighted by molar-refractivity contribution is 0.0697. The van der Waals surface area contributed by atoms with Crippen LogP contribution in [0.2, 0.25) is 0 Å². The van der Waals surface area contributed by atoms with Gasteiger partial charge in [0.15, 0.2) is 0 Å². The van der Waals surface area contributed by atoms with Crippen molar-refractivity contribution in [3.63, 3.8) is 0 Å². The number of carbonyl (C=O) groups is 1. The average molecular weight is 239 g/mol. The van der Waals surface area contributed by atoms with Crippen molar-refractivity contribution in [2.24, 2.45) is 0 Å². The fourth-order valence-electron chi connectivity index (χ4n) is 0.924. The SMILES string of the molecule is CCc1cccc(C(=O)O)c1.CSC(C)=N. The number of hydrogen-bond donors (Lipinski definition) is 2. The number of aromatic carboxylic acids is 1. The second-order valence-electron chi connectivity index (χ2n) is 3.12. The van der Waals surface area contributed by atoms with E-state index in [1.54, 1.807) is 25.1 Å². The maximum absolute atomic E-state index is 10.5. The third-order valence-electron chi connectivity index (χ3n) is 1.89. The molecule has 0 saturated heterocycles. The van der Waals surface area contributed by atoms with Gasteiger partial charge >= 0.3 is 5.97 Å². The molecule has 0 aliphatic carbocycles. The Morgan fingerprint density at radius 2 is 2.06 bits per heavy atom. The highest BCUT2D eigenvalue weighted by atomic mass is 32.2. The van der Waals surface area contributed by atoms with Crippen LogP contribution in [-0.2, 0) is 6.42 Å². The molecule has 0 amide bonds. The minimum Gasteiger partial charge on any atom is -0.478 e. The van der Waals surface area contributed by atoms with Crippen LogP contribution in [0.25, 0.3) is 0 Å². The number of carboxylic acids is 1. The maximum atomic E-state index is 10.5. The van der Waals surface area contributed by atoms with Gasteiger partial charge in [0.2, 0.25) is 0 Å². The predicted molar refractivity (Wildman–Crippen MR) is 69.7 cm³/mol. The topological polar surface area (TPSA) is 61.1 Å². The Morgan fingerprint density at radius 1 is 1.50 bits per heavy atom. The summed E-state index contributed by atoms with van der Waals surface area (Å²) in [6.07, 6.45) is 2.77. The van der Waals surface area contributed by atoms with E-state index in [0.717, 1.165) is 12.0 Å². The zero-order valence-corrected chi connectivity index (χ0v) is 10.6. The van der Waals surface area contributed by atoms with Crippen molar-refractivity contribution in [3.05, 3.63) is 35.4 Å². The van der Waals surface area contributed by atoms with Crippen molar-refractivity contribution in [2.75, 3.05) is 6.26 Å². The van der Waals surface area contributed by atoms with Crippen LogP contribution in [0.1, 0.15) is 29.8 Å². The summed E-state index contributed by atoms with van der Waals surface area (Å²) in [7, 11) is 0. The Morgan fingerprint density at radius 3 is 2.44 bits per heavy atom. The van der Waals surface area contributed by atoms with E-state index in [4.69, 9.17) is 10.5 Å². The Bertz CT molecular complexity index is 364. The first-order chi connectivity index (χ1) is 7.51. The number of hydrogen-bond acceptors (Lipinski definition) is 3. The van der Waals surface area contributed by atoms with Gasteiger partial charge in [0.1, 0.15) is 0 Å². The molecule has 0 aliphatic rings. The summed E-state index contributed by atoms with van der Waals surface area (Å²) < 4.78 is 0. The minimum absolute atomic E-state index is 0.365. The molecule has 88 valence electrons. The van der Waals surface area contributed by atoms with Gasteiger partial charge < -0.3 is 5.11 Å². The van der Waals surface area contributed by atoms with Crippen molar-refractivity contribution < 1.29 is 9.90 Å². The van der Waals surface area contributed by atoms with Crippen molar-refractivity contribution >= 4 is 22.8 Å². The van der Waals surface area contributed by atoms with Crippen LogP contribution >= 0.6 is 11.8 Å². The Balaban J connectivity index is 0.000000385. The Labute approximate surface area is 100 Å². The highest BCUT2D eigenvalue weighted by molar-refractivity contribution is 8.13. The molecular weight excluding hydrogens is 222 g/mol. The summed E-state index contributed by atoms with van der Waals surface area (Å²) in [4.78, 5) is 10.5. The van der Waals surface area contributed by atoms with Gasteiger partial charge in [-0.25, -0.2) is 4.79 Å². The second kappa shape index (κ2) is 7.93. The summed E-state index contributed by atoms with van der Waals surface area (Å²) in [5, 5.41) is 16.0. The summed E-state index contributed by atoms with van der Waals surface area (Å²) in [6.45, 7) is 3.77. The molecule has 1 aromatic rings. The molecule has 0 saturated carbocycles. The number of thioether (sulfide) groups is 1. The van der Waals surface area contributed by atoms with Crippen molar-refractivity contribution in [1.82, 2.24) is 0 Å². The predicted octanol–water partition coefficient (Wildman–Crippen LogP) is 3.29. The van der Waals surface area contributed by atoms with Crippen LogP contribution in [-0.4, -0.2) is 22.4 Å². The van der Waals surface area contributed by atoms with Crippen LogP contribution < -0.4 is 0 Å². The van der Waals surface area contributed by atoms with E-state index in [1.165, 1.54) is 11.8 Å². The largest absolute Gasteiger partial charge is 0.478 e. The van der Waals surface area contributed by atoms with E-state index in [-0.39, 0.29) is 0 Å². The first-order valence-electron chi connectivity index (χ1n) is 4.92. The molecule has 0 bridgehead atoms. The normalized spacial score (nSPS) is 8.94. The van der Waals surface area contributed by atoms with E-state index < -0.39 is 5.97 Å². The number of carboxylic acid groups (broad SMARTS) is 1. The smallest absolute Gasteiger partial charge is 0.335 e. The molecule has 4 heteroatoms. The Hall–Kier alpha value is -1.29. The Kier molecular flexibility index (Phi) is 7.29. The van der Waals surface area contributed by atoms with Crippen LogP contribution in [0.3, 0.4) is 0 Å². The number of rotatable bonds is 2. The summed E-state index contributed by atoms with van der Waals surface area (Å²) in [5.41, 5.74) is 1.43. The third kappa shape index (κ3) is 6.24. The minimum atomic E-state index is -0.861. The molecule has 0 radical (unpaired) electrons. The van der Waals surface area contributed by atoms with E-state index in [2.05, 4.69) is 0 Å². The van der Waals surface area contributed by atoms with Gasteiger partial charge in [0, 0.05) is 0 Å². The van der Waals surface area contributed by atoms with Gasteiger partial charge in [-0.2, -0.15) is 0 Å². The van der Waals surface area contributed by atoms with E-state index >= 15 is 0 Å². The molecule has 1 rings (SSSR count). The molecule has 16 heavy (non-hydrogen) atoms. The van der Waals surface area contributed by atoms with Crippen molar-refractivity contribution in [1.29, 1.82) is 5.41 Å². The molecular formula is C12H17NO2S. The van der Waals surface area contributed by atoms with Crippen LogP contribution in [0.5, 0.6) is 0 Å². The second-order valence-corrected chi connectivity index (χ2v) is 4.14. The molecule has 3 nitrogen and oxygen atoms in total. The van der Waals surface area contributed by atoms with Gasteiger partial charge in [0.05, 0.1) is 10.6 Å². The molecule has 1 aromatic carbocycles. The monoisotopic (exact) mass is 239 g/mol. The fraction of sp³-hybridized carbons (Fsp3) is 0.333. The van der Waals surface area contributed by atoms with Crippen LogP contribution in [0, 0.1) is 5.41 Å². The third-order valence-corrected chi connectivity index (χ3v) is 2.50. The number of benzene rings is 1. The lowest BCUT2D eigenvalue weighted by Gasteiger charge is -1.97. The summed E-state index contributed by atoms with van der Waals surface area (Å²) >= 11 is 1.46. The van der Waals surface area contributed by atoms with Crippen LogP contribution in [0.4, 0.5) is 0 Å². The molecule has 0 aliphatic heterocycles. The highest BCUT2D eigenvalue weighted by Gasteiger charge is 2.00. The summed E-state index contributed by atoms with van der Waals surface area (Å²) in [6, 6.07) is 6.98. The molecule has 0 aromatic heterocycles. The van der Waals surface area contributed by atoms with E-state index in [9.17, 15) is 4.79 Å². The average Bonchev–Trinajstić information content (AvgIpc) is 2.29. The van der Waals surface area contributed by atoms with Crippen molar-refractivity contribution in [3.8, 4) is 0 Å². The van der Waals surface area contributed by atoms with Gasteiger partial charge in [0.25, 0.3) is 0 Å². The van der Waals surface area contributed by atoms with E-state index in [0.29, 0.717) is 10.6 Å². The zero-order valence-electron chi connectivity index (χ0n) is 9.78. The number of aryl methyl sites for hydroxylation is 1. The maximum Gasteiger partial charge on any atom is 0.335 e. The molecule has 0 spiro atoms. The molecule has 0 fully saturated rings. The fourth-order valence-corrected chi connectivity index (χ4v) is 0.924. The first kappa shape index (κ1) is 14.7. The van der Waals surface area contributed by atoms with Crippen molar-refractivity contribution in [2.45, 2.75) is 20.3 Å². The van der Waals surface area contributed by atoms with Gasteiger partial charge in [-0.3, -0.25) is 5.41 Å². The van der Waals surface area contributed by atoms with Crippen LogP contribution in [0.15, 0.2) is 24.3 Å². The lowest BCUT2D eigenvalue weighted by atomic mass is 10.1. The first-order valence-corrected chi connectivity index (χ1v) is 6.15. The highest BCUT2D eigenvalue weighted by Crippen LogP contribution is 2.05. The molecule has 0 unspecified atom stereocenters. The van der Waals surface area contributed by atoms with Gasteiger partial charge in [-0.05, 0) is 37.3 Å². The summed E-state index contributed by atoms with van der Waals surface area (Å²) in [5.74, 6) is -0.861. The lowest BCUT2D eigenvalue weighted by Crippen LogP contribution is -1.96. The molecule has 0 heterocycles. The van der Waals surface area contributed by atoms with E-state index in [1.807, 2.05) is 19.2 Å². The standard InChI is InChI=1S/C9H10O2.C3H7NS/c1-2-7-4-3-5-8(6-7)9(10)11;1-3(4)5-2/h3-6H,2H2,1H3,(H,10,11);4H,1-2H3. The quantitative estimate of drug-likeness (QED) is 0.615. The molecule has 0 atom stereocenters. The molecule has 2 N–H and O–H groups in total. The van der Waals surface area contributed by atoms with Gasteiger partial charge in [-0.1, -0.05) is 19.1 Å².